The molecule has 1 saturated carbocycles. The van der Waals surface area contributed by atoms with Crippen molar-refractivity contribution in [3.05, 3.63) is 0 Å². The van der Waals surface area contributed by atoms with Crippen LogP contribution in [0.1, 0.15) is 6.42 Å². The largest absolute Gasteiger partial charge is 0.381 e. The highest BCUT2D eigenvalue weighted by Gasteiger charge is 2.49. The third kappa shape index (κ3) is 1.47. The highest BCUT2D eigenvalue weighted by atomic mass is 16.7. The number of fused-ring (bicyclic) bond motifs is 1. The first-order valence-corrected chi connectivity index (χ1v) is 4.94. The molecule has 1 heterocycles. The molecule has 2 fully saturated rings. The first-order chi connectivity index (χ1) is 6.77. The van der Waals surface area contributed by atoms with Crippen LogP contribution in [0.15, 0.2) is 0 Å². The fourth-order valence-electron chi connectivity index (χ4n) is 2.60. The van der Waals surface area contributed by atoms with Crippen LogP contribution >= 0.6 is 0 Å². The lowest BCUT2D eigenvalue weighted by Gasteiger charge is -2.23. The van der Waals surface area contributed by atoms with Gasteiger partial charge >= 0.3 is 0 Å². The van der Waals surface area contributed by atoms with E-state index in [9.17, 15) is 4.79 Å². The molecule has 4 nitrogen and oxygen atoms in total. The summed E-state index contributed by atoms with van der Waals surface area (Å²) in [7, 11) is 3.15. The lowest BCUT2D eigenvalue weighted by atomic mass is 9.92. The summed E-state index contributed by atoms with van der Waals surface area (Å²) >= 11 is 0. The van der Waals surface area contributed by atoms with Gasteiger partial charge in [-0.2, -0.15) is 0 Å². The van der Waals surface area contributed by atoms with Crippen molar-refractivity contribution in [1.29, 1.82) is 0 Å². The van der Waals surface area contributed by atoms with Crippen LogP contribution in [-0.2, 0) is 19.0 Å². The van der Waals surface area contributed by atoms with E-state index in [4.69, 9.17) is 14.2 Å². The van der Waals surface area contributed by atoms with Gasteiger partial charge in [-0.3, -0.25) is 4.79 Å². The molecule has 0 radical (unpaired) electrons. The van der Waals surface area contributed by atoms with Crippen molar-refractivity contribution in [3.8, 4) is 0 Å². The monoisotopic (exact) mass is 200 g/mol. The Hall–Kier alpha value is -0.450. The first-order valence-electron chi connectivity index (χ1n) is 4.94. The van der Waals surface area contributed by atoms with E-state index in [1.54, 1.807) is 14.2 Å². The molecule has 1 aliphatic carbocycles. The predicted octanol–water partition coefficient (Wildman–Crippen LogP) is 0.457. The van der Waals surface area contributed by atoms with E-state index in [0.29, 0.717) is 31.5 Å². The van der Waals surface area contributed by atoms with Crippen molar-refractivity contribution in [3.63, 3.8) is 0 Å². The quantitative estimate of drug-likeness (QED) is 0.621. The van der Waals surface area contributed by atoms with Crippen LogP contribution in [0.4, 0.5) is 0 Å². The molecular weight excluding hydrogens is 184 g/mol. The number of carbonyl (C=O) groups is 1. The molecule has 14 heavy (non-hydrogen) atoms. The number of methoxy groups -OCH3 is 2. The Balaban J connectivity index is 2.12. The van der Waals surface area contributed by atoms with Gasteiger partial charge in [0.05, 0.1) is 19.1 Å². The second-order valence-corrected chi connectivity index (χ2v) is 4.00. The van der Waals surface area contributed by atoms with Gasteiger partial charge in [-0.05, 0) is 5.92 Å². The average Bonchev–Trinajstić information content (AvgIpc) is 2.70. The van der Waals surface area contributed by atoms with Crippen LogP contribution < -0.4 is 0 Å². The fourth-order valence-corrected chi connectivity index (χ4v) is 2.60. The zero-order valence-electron chi connectivity index (χ0n) is 8.56. The summed E-state index contributed by atoms with van der Waals surface area (Å²) in [6.07, 6.45) is 0.220. The third-order valence-corrected chi connectivity index (χ3v) is 3.30. The number of Topliss-reactive ketones (excluding diaryl/α,β-unsaturated/α-hetero) is 1. The molecule has 0 bridgehead atoms. The molecule has 2 rings (SSSR count). The van der Waals surface area contributed by atoms with Crippen molar-refractivity contribution < 1.29 is 19.0 Å². The van der Waals surface area contributed by atoms with Crippen molar-refractivity contribution in [1.82, 2.24) is 0 Å². The minimum absolute atomic E-state index is 0.127. The minimum atomic E-state index is -0.404. The molecule has 0 N–H and O–H groups in total. The van der Waals surface area contributed by atoms with Crippen molar-refractivity contribution in [2.75, 3.05) is 27.4 Å². The second kappa shape index (κ2) is 3.96. The number of hydrogen-bond donors (Lipinski definition) is 0. The Morgan fingerprint density at radius 2 is 2.07 bits per heavy atom. The first kappa shape index (κ1) is 10.1. The van der Waals surface area contributed by atoms with Gasteiger partial charge in [-0.1, -0.05) is 0 Å². The number of ketones is 1. The highest BCUT2D eigenvalue weighted by Crippen LogP contribution is 2.41. The molecule has 80 valence electrons. The molecule has 4 heteroatoms. The van der Waals surface area contributed by atoms with Crippen LogP contribution in [-0.4, -0.2) is 39.5 Å². The van der Waals surface area contributed by atoms with Crippen LogP contribution in [0.5, 0.6) is 0 Å². The van der Waals surface area contributed by atoms with E-state index in [1.165, 1.54) is 0 Å². The third-order valence-electron chi connectivity index (χ3n) is 3.30. The van der Waals surface area contributed by atoms with Gasteiger partial charge < -0.3 is 14.2 Å². The molecule has 0 spiro atoms. The van der Waals surface area contributed by atoms with Gasteiger partial charge in [0.25, 0.3) is 0 Å². The number of rotatable bonds is 3. The van der Waals surface area contributed by atoms with E-state index in [-0.39, 0.29) is 11.7 Å². The van der Waals surface area contributed by atoms with E-state index in [0.717, 1.165) is 0 Å². The summed E-state index contributed by atoms with van der Waals surface area (Å²) in [5, 5.41) is 0. The van der Waals surface area contributed by atoms with Crippen molar-refractivity contribution in [2.45, 2.75) is 12.7 Å². The zero-order chi connectivity index (χ0) is 10.1. The summed E-state index contributed by atoms with van der Waals surface area (Å²) in [4.78, 5) is 11.7. The maximum atomic E-state index is 11.7. The van der Waals surface area contributed by atoms with Gasteiger partial charge in [0.2, 0.25) is 0 Å². The number of carbonyl (C=O) groups excluding carboxylic acids is 1. The predicted molar refractivity (Wildman–Crippen MR) is 48.7 cm³/mol. The van der Waals surface area contributed by atoms with Gasteiger partial charge in [-0.25, -0.2) is 0 Å². The van der Waals surface area contributed by atoms with Crippen molar-refractivity contribution >= 4 is 5.78 Å². The summed E-state index contributed by atoms with van der Waals surface area (Å²) in [6.45, 7) is 1.39. The fraction of sp³-hybridized carbons (Fsp3) is 0.900. The molecular formula is C10H16O4. The summed E-state index contributed by atoms with van der Waals surface area (Å²) in [5.74, 6) is 0.821. The smallest absolute Gasteiger partial charge is 0.166 e. The molecule has 0 amide bonds. The Morgan fingerprint density at radius 3 is 2.71 bits per heavy atom. The minimum Gasteiger partial charge on any atom is -0.381 e. The van der Waals surface area contributed by atoms with Crippen LogP contribution in [0, 0.1) is 17.8 Å². The Labute approximate surface area is 83.5 Å². The molecule has 2 aliphatic rings. The Bertz CT molecular complexity index is 224. The van der Waals surface area contributed by atoms with Crippen LogP contribution in [0.25, 0.3) is 0 Å². The highest BCUT2D eigenvalue weighted by molar-refractivity contribution is 5.84. The number of ether oxygens (including phenoxy) is 3. The zero-order valence-corrected chi connectivity index (χ0v) is 8.56. The maximum absolute atomic E-state index is 11.7. The lowest BCUT2D eigenvalue weighted by Crippen LogP contribution is -2.33. The summed E-state index contributed by atoms with van der Waals surface area (Å²) in [6, 6.07) is 0. The lowest BCUT2D eigenvalue weighted by molar-refractivity contribution is -0.159. The molecule has 1 aliphatic heterocycles. The average molecular weight is 200 g/mol. The second-order valence-electron chi connectivity index (χ2n) is 4.00. The molecule has 0 aromatic heterocycles. The Kier molecular flexibility index (Phi) is 2.85. The molecule has 0 unspecified atom stereocenters. The molecule has 0 aromatic rings. The molecule has 0 aromatic carbocycles. The van der Waals surface area contributed by atoms with Crippen LogP contribution in [0.2, 0.25) is 0 Å². The summed E-state index contributed by atoms with van der Waals surface area (Å²) < 4.78 is 15.7. The van der Waals surface area contributed by atoms with Gasteiger partial charge in [0.15, 0.2) is 6.29 Å². The van der Waals surface area contributed by atoms with Gasteiger partial charge in [-0.15, -0.1) is 0 Å². The SMILES string of the molecule is COC(OC)[C@@H]1C(=O)C[C@H]2COC[C@H]21. The normalized spacial score (nSPS) is 36.8. The van der Waals surface area contributed by atoms with E-state index < -0.39 is 6.29 Å². The number of hydrogen-bond acceptors (Lipinski definition) is 4. The topological polar surface area (TPSA) is 44.8 Å². The van der Waals surface area contributed by atoms with E-state index in [1.807, 2.05) is 0 Å². The maximum Gasteiger partial charge on any atom is 0.166 e. The summed E-state index contributed by atoms with van der Waals surface area (Å²) in [5.41, 5.74) is 0. The van der Waals surface area contributed by atoms with E-state index in [2.05, 4.69) is 0 Å². The molecule has 1 saturated heterocycles. The van der Waals surface area contributed by atoms with Gasteiger partial charge in [0.1, 0.15) is 5.78 Å². The van der Waals surface area contributed by atoms with Gasteiger partial charge in [0, 0.05) is 26.6 Å². The standard InChI is InChI=1S/C10H16O4/c1-12-10(13-2)9-7-5-14-4-6(7)3-8(9)11/h6-7,9-10H,3-5H2,1-2H3/t6-,7+,9-/m0/s1. The molecule has 3 atom stereocenters. The Morgan fingerprint density at radius 1 is 1.36 bits per heavy atom. The van der Waals surface area contributed by atoms with Crippen LogP contribution in [0.3, 0.4) is 0 Å². The van der Waals surface area contributed by atoms with Crippen molar-refractivity contribution in [2.24, 2.45) is 17.8 Å². The van der Waals surface area contributed by atoms with E-state index >= 15 is 0 Å².